The first kappa shape index (κ1) is 18.7. The van der Waals surface area contributed by atoms with Gasteiger partial charge in [0, 0.05) is 47.6 Å². The Morgan fingerprint density at radius 3 is 2.63 bits per heavy atom. The average Bonchev–Trinajstić information content (AvgIpc) is 3.04. The van der Waals surface area contributed by atoms with Crippen molar-refractivity contribution in [1.82, 2.24) is 4.57 Å². The second-order valence-electron chi connectivity index (χ2n) is 8.28. The summed E-state index contributed by atoms with van der Waals surface area (Å²) in [7, 11) is 0. The van der Waals surface area contributed by atoms with Gasteiger partial charge >= 0.3 is 0 Å². The molecule has 0 unspecified atom stereocenters. The number of benzene rings is 3. The molecule has 30 heavy (non-hydrogen) atoms. The molecule has 2 heterocycles. The van der Waals surface area contributed by atoms with Crippen molar-refractivity contribution in [2.45, 2.75) is 38.8 Å². The van der Waals surface area contributed by atoms with Gasteiger partial charge in [0.05, 0.1) is 5.69 Å². The van der Waals surface area contributed by atoms with E-state index in [1.165, 1.54) is 27.7 Å². The standard InChI is InChI=1S/C27H26N2O/c1-19-16-23(30)17-22-11-7-12-24(27(22)28-19)26-18-21-10-5-6-13-25(21)29(26)15-14-20-8-3-2-4-9-20/h2-13,18-19,28H,14-17H2,1H3/t19-/m1/s1. The molecule has 5 rings (SSSR count). The van der Waals surface area contributed by atoms with E-state index in [-0.39, 0.29) is 6.04 Å². The molecule has 0 bridgehead atoms. The molecule has 0 radical (unpaired) electrons. The van der Waals surface area contributed by atoms with Crippen molar-refractivity contribution in [3.8, 4) is 11.3 Å². The fraction of sp³-hybridized carbons (Fsp3) is 0.222. The van der Waals surface area contributed by atoms with Crippen molar-refractivity contribution in [1.29, 1.82) is 0 Å². The summed E-state index contributed by atoms with van der Waals surface area (Å²) in [6.07, 6.45) is 2.06. The monoisotopic (exact) mass is 394 g/mol. The summed E-state index contributed by atoms with van der Waals surface area (Å²) in [4.78, 5) is 12.3. The topological polar surface area (TPSA) is 34.0 Å². The van der Waals surface area contributed by atoms with Gasteiger partial charge in [0.15, 0.2) is 0 Å². The van der Waals surface area contributed by atoms with Crippen LogP contribution in [0.4, 0.5) is 5.69 Å². The van der Waals surface area contributed by atoms with Gasteiger partial charge in [-0.3, -0.25) is 4.79 Å². The van der Waals surface area contributed by atoms with Crippen LogP contribution in [0.5, 0.6) is 0 Å². The second-order valence-corrected chi connectivity index (χ2v) is 8.28. The lowest BCUT2D eigenvalue weighted by Crippen LogP contribution is -2.17. The Bertz CT molecular complexity index is 1210. The second kappa shape index (κ2) is 7.83. The van der Waals surface area contributed by atoms with E-state index in [1.807, 2.05) is 0 Å². The molecule has 0 spiro atoms. The number of rotatable bonds is 4. The third-order valence-corrected chi connectivity index (χ3v) is 6.02. The molecular weight excluding hydrogens is 368 g/mol. The zero-order valence-electron chi connectivity index (χ0n) is 17.3. The minimum absolute atomic E-state index is 0.141. The summed E-state index contributed by atoms with van der Waals surface area (Å²) in [5.74, 6) is 0.301. The Kier molecular flexibility index (Phi) is 4.88. The molecule has 0 fully saturated rings. The lowest BCUT2D eigenvalue weighted by Gasteiger charge is -2.19. The third kappa shape index (κ3) is 3.52. The highest BCUT2D eigenvalue weighted by Gasteiger charge is 2.22. The van der Waals surface area contributed by atoms with Crippen molar-refractivity contribution in [2.24, 2.45) is 0 Å². The first-order valence-corrected chi connectivity index (χ1v) is 10.7. The SMILES string of the molecule is C[C@@H]1CC(=O)Cc2cccc(-c3cc4ccccc4n3CCc3ccccc3)c2N1. The van der Waals surface area contributed by atoms with Crippen LogP contribution in [0, 0.1) is 0 Å². The van der Waals surface area contributed by atoms with E-state index >= 15 is 0 Å². The smallest absolute Gasteiger partial charge is 0.139 e. The molecule has 0 amide bonds. The Morgan fingerprint density at radius 2 is 1.77 bits per heavy atom. The van der Waals surface area contributed by atoms with E-state index in [4.69, 9.17) is 0 Å². The Labute approximate surface area is 177 Å². The van der Waals surface area contributed by atoms with Gasteiger partial charge in [-0.05, 0) is 36.6 Å². The van der Waals surface area contributed by atoms with Crippen LogP contribution in [0.2, 0.25) is 0 Å². The number of aryl methyl sites for hydroxylation is 2. The molecule has 0 aliphatic carbocycles. The van der Waals surface area contributed by atoms with Crippen LogP contribution >= 0.6 is 0 Å². The van der Waals surface area contributed by atoms with E-state index in [9.17, 15) is 4.79 Å². The number of Topliss-reactive ketones (excluding diaryl/α,β-unsaturated/α-hetero) is 1. The van der Waals surface area contributed by atoms with Crippen LogP contribution in [0.3, 0.4) is 0 Å². The quantitative estimate of drug-likeness (QED) is 0.470. The molecule has 4 aromatic rings. The number of anilines is 1. The minimum atomic E-state index is 0.141. The van der Waals surface area contributed by atoms with E-state index in [2.05, 4.69) is 95.7 Å². The summed E-state index contributed by atoms with van der Waals surface area (Å²) in [6, 6.07) is 28.0. The average molecular weight is 395 g/mol. The van der Waals surface area contributed by atoms with E-state index < -0.39 is 0 Å². The largest absolute Gasteiger partial charge is 0.381 e. The minimum Gasteiger partial charge on any atom is -0.381 e. The summed E-state index contributed by atoms with van der Waals surface area (Å²) >= 11 is 0. The van der Waals surface area contributed by atoms with Gasteiger partial charge in [0.2, 0.25) is 0 Å². The van der Waals surface area contributed by atoms with Crippen molar-refractivity contribution in [3.63, 3.8) is 0 Å². The van der Waals surface area contributed by atoms with E-state index in [0.29, 0.717) is 18.6 Å². The number of fused-ring (bicyclic) bond motifs is 2. The maximum Gasteiger partial charge on any atom is 0.139 e. The molecule has 1 atom stereocenters. The molecule has 1 aliphatic heterocycles. The van der Waals surface area contributed by atoms with Gasteiger partial charge in [-0.25, -0.2) is 0 Å². The van der Waals surface area contributed by atoms with Gasteiger partial charge in [-0.2, -0.15) is 0 Å². The highest BCUT2D eigenvalue weighted by molar-refractivity contribution is 5.93. The van der Waals surface area contributed by atoms with E-state index in [0.717, 1.165) is 24.2 Å². The maximum atomic E-state index is 12.3. The summed E-state index contributed by atoms with van der Waals surface area (Å²) in [5, 5.41) is 4.88. The number of carbonyl (C=O) groups excluding carboxylic acids is 1. The number of carbonyl (C=O) groups is 1. The molecule has 0 saturated heterocycles. The van der Waals surface area contributed by atoms with Crippen LogP contribution in [-0.2, 0) is 24.2 Å². The normalized spacial score (nSPS) is 16.2. The summed E-state index contributed by atoms with van der Waals surface area (Å²) < 4.78 is 2.43. The predicted octanol–water partition coefficient (Wildman–Crippen LogP) is 5.87. The van der Waals surface area contributed by atoms with Crippen LogP contribution in [0.15, 0.2) is 78.9 Å². The number of hydrogen-bond acceptors (Lipinski definition) is 2. The fourth-order valence-electron chi connectivity index (χ4n) is 4.61. The zero-order valence-corrected chi connectivity index (χ0v) is 17.3. The fourth-order valence-corrected chi connectivity index (χ4v) is 4.61. The number of nitrogens with zero attached hydrogens (tertiary/aromatic N) is 1. The molecular formula is C27H26N2O. The first-order chi connectivity index (χ1) is 14.7. The Balaban J connectivity index is 1.63. The lowest BCUT2D eigenvalue weighted by atomic mass is 10.0. The van der Waals surface area contributed by atoms with Gasteiger partial charge in [0.1, 0.15) is 5.78 Å². The highest BCUT2D eigenvalue weighted by atomic mass is 16.1. The Morgan fingerprint density at radius 1 is 0.967 bits per heavy atom. The molecule has 1 aliphatic rings. The first-order valence-electron chi connectivity index (χ1n) is 10.7. The molecule has 1 N–H and O–H groups in total. The lowest BCUT2D eigenvalue weighted by molar-refractivity contribution is -0.118. The summed E-state index contributed by atoms with van der Waals surface area (Å²) in [6.45, 7) is 3.00. The number of nitrogens with one attached hydrogen (secondary N) is 1. The van der Waals surface area contributed by atoms with Crippen LogP contribution in [-0.4, -0.2) is 16.4 Å². The molecule has 3 heteroatoms. The number of para-hydroxylation sites is 2. The zero-order chi connectivity index (χ0) is 20.5. The Hall–Kier alpha value is -3.33. The molecule has 1 aromatic heterocycles. The molecule has 3 aromatic carbocycles. The maximum absolute atomic E-state index is 12.3. The van der Waals surface area contributed by atoms with Crippen molar-refractivity contribution >= 4 is 22.4 Å². The highest BCUT2D eigenvalue weighted by Crippen LogP contribution is 2.37. The van der Waals surface area contributed by atoms with Crippen LogP contribution < -0.4 is 5.32 Å². The van der Waals surface area contributed by atoms with Gasteiger partial charge < -0.3 is 9.88 Å². The van der Waals surface area contributed by atoms with Crippen LogP contribution in [0.1, 0.15) is 24.5 Å². The molecule has 3 nitrogen and oxygen atoms in total. The molecule has 150 valence electrons. The number of aromatic nitrogens is 1. The predicted molar refractivity (Wildman–Crippen MR) is 124 cm³/mol. The van der Waals surface area contributed by atoms with Crippen molar-refractivity contribution < 1.29 is 4.79 Å². The van der Waals surface area contributed by atoms with Crippen molar-refractivity contribution in [3.05, 3.63) is 90.0 Å². The van der Waals surface area contributed by atoms with Gasteiger partial charge in [-0.1, -0.05) is 66.7 Å². The van der Waals surface area contributed by atoms with Gasteiger partial charge in [-0.15, -0.1) is 0 Å². The van der Waals surface area contributed by atoms with Gasteiger partial charge in [0.25, 0.3) is 0 Å². The third-order valence-electron chi connectivity index (χ3n) is 6.02. The van der Waals surface area contributed by atoms with Crippen LogP contribution in [0.25, 0.3) is 22.2 Å². The van der Waals surface area contributed by atoms with Crippen molar-refractivity contribution in [2.75, 3.05) is 5.32 Å². The van der Waals surface area contributed by atoms with E-state index in [1.54, 1.807) is 0 Å². The number of hydrogen-bond donors (Lipinski definition) is 1. The number of ketones is 1. The molecule has 0 saturated carbocycles. The summed E-state index contributed by atoms with van der Waals surface area (Å²) in [5.41, 5.74) is 7.18.